The lowest BCUT2D eigenvalue weighted by molar-refractivity contribution is -0.114. The van der Waals surface area contributed by atoms with Crippen LogP contribution in [0.4, 0.5) is 0 Å². The fourth-order valence-corrected chi connectivity index (χ4v) is 4.33. The van der Waals surface area contributed by atoms with E-state index in [4.69, 9.17) is 0 Å². The number of carbonyl (C=O) groups excluding carboxylic acids is 1. The van der Waals surface area contributed by atoms with Crippen LogP contribution in [0.2, 0.25) is 0 Å². The lowest BCUT2D eigenvalue weighted by Crippen LogP contribution is -2.46. The normalized spacial score (nSPS) is 28.6. The number of hydrogen-bond acceptors (Lipinski definition) is 3. The Kier molecular flexibility index (Phi) is 4.56. The summed E-state index contributed by atoms with van der Waals surface area (Å²) in [4.78, 5) is 11.4. The van der Waals surface area contributed by atoms with Crippen LogP contribution in [-0.2, 0) is 14.8 Å². The molecule has 1 aliphatic rings. The highest BCUT2D eigenvalue weighted by atomic mass is 79.9. The molecule has 0 amide bonds. The highest BCUT2D eigenvalue weighted by Gasteiger charge is 2.43. The Morgan fingerprint density at radius 1 is 1.24 bits per heavy atom. The van der Waals surface area contributed by atoms with Gasteiger partial charge < -0.3 is 0 Å². The van der Waals surface area contributed by atoms with Gasteiger partial charge in [0.15, 0.2) is 5.78 Å². The number of alkyl halides is 2. The molecule has 4 nitrogen and oxygen atoms in total. The van der Waals surface area contributed by atoms with Gasteiger partial charge in [0.05, 0.1) is 19.8 Å². The maximum Gasteiger partial charge on any atom is 0.282 e. The largest absolute Gasteiger partial charge is 0.294 e. The molecule has 0 N–H and O–H groups in total. The fourth-order valence-electron chi connectivity index (χ4n) is 2.05. The van der Waals surface area contributed by atoms with Gasteiger partial charge in [0.1, 0.15) is 0 Å². The van der Waals surface area contributed by atoms with Crippen LogP contribution in [0.1, 0.15) is 13.8 Å². The summed E-state index contributed by atoms with van der Waals surface area (Å²) in [6.45, 7) is 3.40. The zero-order valence-corrected chi connectivity index (χ0v) is 15.4. The number of hydrogen-bond donors (Lipinski definition) is 0. The third kappa shape index (κ3) is 3.19. The summed E-state index contributed by atoms with van der Waals surface area (Å²) in [5.41, 5.74) is 0.863. The molecule has 1 aromatic carbocycles. The zero-order valence-electron chi connectivity index (χ0n) is 11.4. The number of benzene rings is 1. The van der Waals surface area contributed by atoms with Gasteiger partial charge in [-0.3, -0.25) is 4.79 Å². The second-order valence-corrected chi connectivity index (χ2v) is 9.06. The fraction of sp³-hybridized carbons (Fsp3) is 0.286. The summed E-state index contributed by atoms with van der Waals surface area (Å²) in [5, 5.41) is 0. The molecule has 7 heteroatoms. The number of rotatable bonds is 2. The maximum atomic E-state index is 12.4. The maximum absolute atomic E-state index is 12.4. The summed E-state index contributed by atoms with van der Waals surface area (Å²) in [5.74, 6) is -0.122. The number of halogens is 2. The Bertz CT molecular complexity index is 737. The van der Waals surface area contributed by atoms with E-state index < -0.39 is 19.2 Å². The topological polar surface area (TPSA) is 63.6 Å². The molecule has 112 valence electrons. The highest BCUT2D eigenvalue weighted by Crippen LogP contribution is 2.37. The SMILES string of the molecule is CC1=CC(=O)C(Br)C(C)(Br)C1=NS(=O)(=O)c1ccccc1. The molecule has 0 aliphatic heterocycles. The van der Waals surface area contributed by atoms with Crippen molar-refractivity contribution in [1.82, 2.24) is 0 Å². The number of sulfonamides is 1. The molecule has 2 rings (SSSR count). The summed E-state index contributed by atoms with van der Waals surface area (Å²) in [7, 11) is -3.82. The Morgan fingerprint density at radius 2 is 1.81 bits per heavy atom. The monoisotopic (exact) mass is 433 g/mol. The van der Waals surface area contributed by atoms with E-state index in [1.807, 2.05) is 0 Å². The zero-order chi connectivity index (χ0) is 15.8. The first-order chi connectivity index (χ1) is 9.66. The van der Waals surface area contributed by atoms with Crippen molar-refractivity contribution in [2.75, 3.05) is 0 Å². The first-order valence-electron chi connectivity index (χ1n) is 6.12. The second kappa shape index (κ2) is 5.78. The van der Waals surface area contributed by atoms with Crippen molar-refractivity contribution in [2.45, 2.75) is 27.9 Å². The lowest BCUT2D eigenvalue weighted by atomic mass is 9.88. The van der Waals surface area contributed by atoms with Gasteiger partial charge in [-0.05, 0) is 37.6 Å². The van der Waals surface area contributed by atoms with E-state index in [0.29, 0.717) is 11.3 Å². The molecule has 1 aromatic rings. The highest BCUT2D eigenvalue weighted by molar-refractivity contribution is 9.13. The molecular weight excluding hydrogens is 422 g/mol. The van der Waals surface area contributed by atoms with E-state index in [-0.39, 0.29) is 10.7 Å². The molecule has 2 unspecified atom stereocenters. The Morgan fingerprint density at radius 3 is 2.38 bits per heavy atom. The van der Waals surface area contributed by atoms with Crippen LogP contribution in [0.25, 0.3) is 0 Å². The third-order valence-corrected chi connectivity index (χ3v) is 7.28. The van der Waals surface area contributed by atoms with Gasteiger partial charge in [-0.2, -0.15) is 12.8 Å². The predicted octanol–water partition coefficient (Wildman–Crippen LogP) is 3.26. The van der Waals surface area contributed by atoms with Crippen LogP contribution in [0.5, 0.6) is 0 Å². The van der Waals surface area contributed by atoms with Gasteiger partial charge in [-0.25, -0.2) is 0 Å². The minimum absolute atomic E-state index is 0.122. The van der Waals surface area contributed by atoms with E-state index in [2.05, 4.69) is 36.3 Å². The van der Waals surface area contributed by atoms with Crippen molar-refractivity contribution in [2.24, 2.45) is 4.40 Å². The number of allylic oxidation sites excluding steroid dienone is 2. The van der Waals surface area contributed by atoms with E-state index in [1.165, 1.54) is 18.2 Å². The van der Waals surface area contributed by atoms with Crippen molar-refractivity contribution in [1.29, 1.82) is 0 Å². The van der Waals surface area contributed by atoms with Crippen LogP contribution in [0, 0.1) is 0 Å². The molecule has 0 saturated carbocycles. The van der Waals surface area contributed by atoms with Crippen molar-refractivity contribution in [3.05, 3.63) is 42.0 Å². The molecule has 21 heavy (non-hydrogen) atoms. The second-order valence-electron chi connectivity index (χ2n) is 4.90. The molecule has 0 spiro atoms. The minimum atomic E-state index is -3.82. The number of nitrogens with zero attached hydrogens (tertiary/aromatic N) is 1. The van der Waals surface area contributed by atoms with Gasteiger partial charge in [0.25, 0.3) is 10.0 Å². The third-order valence-electron chi connectivity index (χ3n) is 3.17. The smallest absolute Gasteiger partial charge is 0.282 e. The van der Waals surface area contributed by atoms with Crippen LogP contribution < -0.4 is 0 Å². The van der Waals surface area contributed by atoms with Crippen molar-refractivity contribution < 1.29 is 13.2 Å². The van der Waals surface area contributed by atoms with E-state index in [9.17, 15) is 13.2 Å². The minimum Gasteiger partial charge on any atom is -0.294 e. The molecule has 0 heterocycles. The van der Waals surface area contributed by atoms with Gasteiger partial charge in [0.2, 0.25) is 0 Å². The standard InChI is InChI=1S/C14H13Br2NO3S/c1-9-8-11(18)12(15)14(2,16)13(9)17-21(19,20)10-6-4-3-5-7-10/h3-8,12H,1-2H3. The van der Waals surface area contributed by atoms with Crippen LogP contribution in [0.15, 0.2) is 51.3 Å². The average molecular weight is 435 g/mol. The van der Waals surface area contributed by atoms with Gasteiger partial charge in [-0.15, -0.1) is 0 Å². The molecular formula is C14H13Br2NO3S. The Balaban J connectivity index is 2.59. The summed E-state index contributed by atoms with van der Waals surface area (Å²) < 4.78 is 27.8. The Hall–Kier alpha value is -0.790. The predicted molar refractivity (Wildman–Crippen MR) is 89.9 cm³/mol. The first-order valence-corrected chi connectivity index (χ1v) is 9.27. The molecule has 0 fully saturated rings. The summed E-state index contributed by atoms with van der Waals surface area (Å²) in [6, 6.07) is 7.99. The van der Waals surface area contributed by atoms with E-state index >= 15 is 0 Å². The van der Waals surface area contributed by atoms with Crippen LogP contribution in [0.3, 0.4) is 0 Å². The molecule has 0 saturated heterocycles. The van der Waals surface area contributed by atoms with Crippen LogP contribution in [-0.4, -0.2) is 29.1 Å². The molecule has 0 bridgehead atoms. The van der Waals surface area contributed by atoms with Gasteiger partial charge >= 0.3 is 0 Å². The Labute approximate surface area is 140 Å². The first kappa shape index (κ1) is 16.6. The van der Waals surface area contributed by atoms with E-state index in [0.717, 1.165) is 0 Å². The molecule has 1 aliphatic carbocycles. The molecule has 2 atom stereocenters. The molecule has 0 aromatic heterocycles. The van der Waals surface area contributed by atoms with Gasteiger partial charge in [-0.1, -0.05) is 50.1 Å². The summed E-state index contributed by atoms with van der Waals surface area (Å²) in [6.07, 6.45) is 1.40. The van der Waals surface area contributed by atoms with Crippen molar-refractivity contribution in [3.63, 3.8) is 0 Å². The van der Waals surface area contributed by atoms with Crippen molar-refractivity contribution >= 4 is 53.4 Å². The lowest BCUT2D eigenvalue weighted by Gasteiger charge is -2.32. The molecule has 0 radical (unpaired) electrons. The van der Waals surface area contributed by atoms with E-state index in [1.54, 1.807) is 32.0 Å². The quantitative estimate of drug-likeness (QED) is 0.671. The average Bonchev–Trinajstić information content (AvgIpc) is 2.43. The van der Waals surface area contributed by atoms with Gasteiger partial charge in [0, 0.05) is 0 Å². The number of ketones is 1. The van der Waals surface area contributed by atoms with Crippen LogP contribution >= 0.6 is 31.9 Å². The summed E-state index contributed by atoms with van der Waals surface area (Å²) >= 11 is 6.72. The number of carbonyl (C=O) groups is 1. The van der Waals surface area contributed by atoms with Crippen molar-refractivity contribution in [3.8, 4) is 0 Å².